The summed E-state index contributed by atoms with van der Waals surface area (Å²) in [6, 6.07) is 5.69. The van der Waals surface area contributed by atoms with Crippen LogP contribution in [0.3, 0.4) is 0 Å². The zero-order valence-electron chi connectivity index (χ0n) is 10.4. The quantitative estimate of drug-likeness (QED) is 0.648. The molecule has 1 aliphatic carbocycles. The highest BCUT2D eigenvalue weighted by Crippen LogP contribution is 2.35. The molecule has 1 fully saturated rings. The second kappa shape index (κ2) is 5.80. The first-order valence-corrected chi connectivity index (χ1v) is 7.07. The van der Waals surface area contributed by atoms with Crippen molar-refractivity contribution in [3.05, 3.63) is 38.3 Å². The monoisotopic (exact) mass is 312 g/mol. The third-order valence-electron chi connectivity index (χ3n) is 3.34. The molecule has 0 heterocycles. The van der Waals surface area contributed by atoms with Crippen molar-refractivity contribution < 1.29 is 4.92 Å². The van der Waals surface area contributed by atoms with E-state index in [-0.39, 0.29) is 10.6 Å². The van der Waals surface area contributed by atoms with E-state index in [0.29, 0.717) is 12.0 Å². The molecule has 1 N–H and O–H groups in total. The Morgan fingerprint density at radius 1 is 1.56 bits per heavy atom. The van der Waals surface area contributed by atoms with Crippen LogP contribution in [0.2, 0.25) is 0 Å². The number of hydrogen-bond donors (Lipinski definition) is 1. The molecule has 0 aliphatic heterocycles. The minimum Gasteiger partial charge on any atom is -0.314 e. The summed E-state index contributed by atoms with van der Waals surface area (Å²) in [4.78, 5) is 10.8. The van der Waals surface area contributed by atoms with E-state index in [1.807, 2.05) is 12.1 Å². The third kappa shape index (κ3) is 3.29. The van der Waals surface area contributed by atoms with Crippen molar-refractivity contribution in [1.29, 1.82) is 0 Å². The van der Waals surface area contributed by atoms with E-state index in [4.69, 9.17) is 0 Å². The molecule has 0 radical (unpaired) electrons. The first-order valence-electron chi connectivity index (χ1n) is 6.28. The van der Waals surface area contributed by atoms with Crippen LogP contribution in [0.4, 0.5) is 5.69 Å². The average Bonchev–Trinajstić information content (AvgIpc) is 3.14. The molecule has 0 amide bonds. The molecule has 5 heteroatoms. The summed E-state index contributed by atoms with van der Waals surface area (Å²) in [7, 11) is 0. The van der Waals surface area contributed by atoms with Gasteiger partial charge in [-0.05, 0) is 37.8 Å². The average molecular weight is 313 g/mol. The molecular formula is C13H17BrN2O2. The molecule has 2 rings (SSSR count). The van der Waals surface area contributed by atoms with Gasteiger partial charge in [0.05, 0.1) is 4.92 Å². The maximum atomic E-state index is 11.1. The number of nitro benzene ring substituents is 1. The molecule has 98 valence electrons. The fourth-order valence-electron chi connectivity index (χ4n) is 2.28. The largest absolute Gasteiger partial charge is 0.314 e. The molecule has 18 heavy (non-hydrogen) atoms. The summed E-state index contributed by atoms with van der Waals surface area (Å²) < 4.78 is 0.754. The molecule has 4 nitrogen and oxygen atoms in total. The molecular weight excluding hydrogens is 296 g/mol. The minimum absolute atomic E-state index is 0.216. The zero-order chi connectivity index (χ0) is 13.1. The van der Waals surface area contributed by atoms with Crippen LogP contribution < -0.4 is 5.32 Å². The Morgan fingerprint density at radius 2 is 2.28 bits per heavy atom. The molecule has 0 saturated heterocycles. The third-order valence-corrected chi connectivity index (χ3v) is 3.83. The van der Waals surface area contributed by atoms with Gasteiger partial charge in [0, 0.05) is 22.1 Å². The highest BCUT2D eigenvalue weighted by molar-refractivity contribution is 9.10. The van der Waals surface area contributed by atoms with Crippen molar-refractivity contribution in [3.8, 4) is 0 Å². The second-order valence-corrected chi connectivity index (χ2v) is 5.65. The van der Waals surface area contributed by atoms with Crippen molar-refractivity contribution in [2.45, 2.75) is 32.2 Å². The lowest BCUT2D eigenvalue weighted by Crippen LogP contribution is -2.33. The number of halogens is 1. The zero-order valence-corrected chi connectivity index (χ0v) is 11.9. The van der Waals surface area contributed by atoms with E-state index in [9.17, 15) is 10.1 Å². The number of benzene rings is 1. The number of nitrogens with zero attached hydrogens (tertiary/aromatic N) is 1. The van der Waals surface area contributed by atoms with Gasteiger partial charge in [0.1, 0.15) is 0 Å². The van der Waals surface area contributed by atoms with Crippen molar-refractivity contribution in [2.75, 3.05) is 6.54 Å². The van der Waals surface area contributed by atoms with E-state index < -0.39 is 0 Å². The van der Waals surface area contributed by atoms with Gasteiger partial charge in [0.15, 0.2) is 0 Å². The van der Waals surface area contributed by atoms with Crippen LogP contribution >= 0.6 is 15.9 Å². The molecule has 1 aliphatic rings. The van der Waals surface area contributed by atoms with Gasteiger partial charge < -0.3 is 5.32 Å². The van der Waals surface area contributed by atoms with Crippen molar-refractivity contribution >= 4 is 21.6 Å². The molecule has 0 bridgehead atoms. The van der Waals surface area contributed by atoms with Gasteiger partial charge in [0.25, 0.3) is 5.69 Å². The van der Waals surface area contributed by atoms with Crippen molar-refractivity contribution in [1.82, 2.24) is 5.32 Å². The minimum atomic E-state index is -0.296. The van der Waals surface area contributed by atoms with E-state index in [1.54, 1.807) is 6.07 Å². The highest BCUT2D eigenvalue weighted by Gasteiger charge is 2.32. The van der Waals surface area contributed by atoms with E-state index >= 15 is 0 Å². The lowest BCUT2D eigenvalue weighted by Gasteiger charge is -2.17. The Hall–Kier alpha value is -0.940. The Kier molecular flexibility index (Phi) is 4.35. The molecule has 0 aromatic heterocycles. The second-order valence-electron chi connectivity index (χ2n) is 4.74. The maximum Gasteiger partial charge on any atom is 0.273 e. The van der Waals surface area contributed by atoms with Gasteiger partial charge in [-0.15, -0.1) is 0 Å². The predicted octanol–water partition coefficient (Wildman–Crippen LogP) is 3.29. The topological polar surface area (TPSA) is 55.2 Å². The summed E-state index contributed by atoms with van der Waals surface area (Å²) in [5, 5.41) is 14.5. The normalized spacial score (nSPS) is 16.6. The first kappa shape index (κ1) is 13.5. The van der Waals surface area contributed by atoms with Crippen molar-refractivity contribution in [2.24, 2.45) is 5.92 Å². The van der Waals surface area contributed by atoms with Crippen LogP contribution in [0, 0.1) is 16.0 Å². The lowest BCUT2D eigenvalue weighted by atomic mass is 10.0. The molecule has 1 unspecified atom stereocenters. The summed E-state index contributed by atoms with van der Waals surface area (Å²) in [6.45, 7) is 2.98. The number of nitro groups is 1. The SMILES string of the molecule is CCNC(Cc1ccc(Br)cc1[N+](=O)[O-])C1CC1. The number of hydrogen-bond acceptors (Lipinski definition) is 3. The summed E-state index contributed by atoms with van der Waals surface area (Å²) >= 11 is 3.28. The van der Waals surface area contributed by atoms with Crippen LogP contribution in [0.5, 0.6) is 0 Å². The number of nitrogens with one attached hydrogen (secondary N) is 1. The molecule has 1 aromatic rings. The number of rotatable bonds is 6. The van der Waals surface area contributed by atoms with E-state index in [0.717, 1.165) is 23.0 Å². The smallest absolute Gasteiger partial charge is 0.273 e. The maximum absolute atomic E-state index is 11.1. The molecule has 0 spiro atoms. The Balaban J connectivity index is 2.18. The van der Waals surface area contributed by atoms with Gasteiger partial charge in [-0.1, -0.05) is 28.9 Å². The standard InChI is InChI=1S/C13H17BrN2O2/c1-2-15-12(9-3-4-9)7-10-5-6-11(14)8-13(10)16(17)18/h5-6,8-9,12,15H,2-4,7H2,1H3. The van der Waals surface area contributed by atoms with Gasteiger partial charge in [0.2, 0.25) is 0 Å². The first-order chi connectivity index (χ1) is 8.61. The van der Waals surface area contributed by atoms with Crippen LogP contribution in [-0.2, 0) is 6.42 Å². The van der Waals surface area contributed by atoms with E-state index in [2.05, 4.69) is 28.2 Å². The van der Waals surface area contributed by atoms with Gasteiger partial charge in [-0.3, -0.25) is 10.1 Å². The van der Waals surface area contributed by atoms with Crippen LogP contribution in [0.15, 0.2) is 22.7 Å². The fourth-order valence-corrected chi connectivity index (χ4v) is 2.63. The van der Waals surface area contributed by atoms with Gasteiger partial charge in [-0.25, -0.2) is 0 Å². The Labute approximate surface area is 115 Å². The molecule has 1 atom stereocenters. The van der Waals surface area contributed by atoms with Crippen LogP contribution in [0.25, 0.3) is 0 Å². The van der Waals surface area contributed by atoms with Crippen LogP contribution in [-0.4, -0.2) is 17.5 Å². The van der Waals surface area contributed by atoms with Crippen LogP contribution in [0.1, 0.15) is 25.3 Å². The van der Waals surface area contributed by atoms with Gasteiger partial charge in [-0.2, -0.15) is 0 Å². The molecule has 1 saturated carbocycles. The highest BCUT2D eigenvalue weighted by atomic mass is 79.9. The Morgan fingerprint density at radius 3 is 2.83 bits per heavy atom. The van der Waals surface area contributed by atoms with Crippen molar-refractivity contribution in [3.63, 3.8) is 0 Å². The van der Waals surface area contributed by atoms with E-state index in [1.165, 1.54) is 12.8 Å². The fraction of sp³-hybridized carbons (Fsp3) is 0.538. The summed E-state index contributed by atoms with van der Waals surface area (Å²) in [6.07, 6.45) is 3.21. The summed E-state index contributed by atoms with van der Waals surface area (Å²) in [5.41, 5.74) is 1.04. The molecule has 1 aromatic carbocycles. The van der Waals surface area contributed by atoms with Gasteiger partial charge >= 0.3 is 0 Å². The lowest BCUT2D eigenvalue weighted by molar-refractivity contribution is -0.385. The Bertz CT molecular complexity index is 447. The summed E-state index contributed by atoms with van der Waals surface area (Å²) in [5.74, 6) is 0.688. The predicted molar refractivity (Wildman–Crippen MR) is 74.7 cm³/mol. The number of likely N-dealkylation sites (N-methyl/N-ethyl adjacent to an activating group) is 1.